The van der Waals surface area contributed by atoms with Gasteiger partial charge < -0.3 is 25.8 Å². The predicted molar refractivity (Wildman–Crippen MR) is 125 cm³/mol. The van der Waals surface area contributed by atoms with Crippen molar-refractivity contribution in [2.75, 3.05) is 21.2 Å². The second-order valence-corrected chi connectivity index (χ2v) is 9.66. The van der Waals surface area contributed by atoms with Crippen LogP contribution in [0.5, 0.6) is 5.75 Å². The van der Waals surface area contributed by atoms with Crippen LogP contribution in [-0.4, -0.2) is 70.2 Å². The maximum Gasteiger partial charge on any atom is 0.312 e. The zero-order valence-corrected chi connectivity index (χ0v) is 20.4. The molecule has 204 valence electrons. The number of aromatic hydroxyl groups is 1. The molecule has 38 heavy (non-hydrogen) atoms. The van der Waals surface area contributed by atoms with Crippen LogP contribution in [0.1, 0.15) is 27.9 Å². The molecule has 0 aromatic heterocycles. The fourth-order valence-corrected chi connectivity index (χ4v) is 6.18. The molecule has 5 atom stereocenters. The first-order chi connectivity index (χ1) is 17.7. The number of hydrogen-bond acceptors (Lipinski definition) is 9. The normalized spacial score (nSPS) is 26.6. The number of hydrogen-bond donors (Lipinski definition) is 4. The standard InChI is InChI=1S/C24H24F3N3O8/c1-29(2)17-10-5-7-4-8-9(16(25)23(26)27)6-11(30(36)37)18(31)13(8)19(32)12(7)20(33)14(10)22(38-3)15(21(17)34)24(28)35/h6-7,10,14,17,22,31,33-34H,4-5H2,1-3H3,(H2,28,35)/t7?,10?,14?,17-,22?/m0/s1. The van der Waals surface area contributed by atoms with Gasteiger partial charge in [-0.25, -0.2) is 4.39 Å². The average Bonchev–Trinajstić information content (AvgIpc) is 2.81. The Kier molecular flexibility index (Phi) is 6.74. The minimum Gasteiger partial charge on any atom is -0.511 e. The Labute approximate surface area is 213 Å². The zero-order valence-electron chi connectivity index (χ0n) is 20.4. The molecule has 0 radical (unpaired) electrons. The quantitative estimate of drug-likeness (QED) is 0.324. The van der Waals surface area contributed by atoms with Crippen LogP contribution >= 0.6 is 0 Å². The van der Waals surface area contributed by atoms with Crippen LogP contribution in [0.15, 0.2) is 34.8 Å². The van der Waals surface area contributed by atoms with E-state index in [0.29, 0.717) is 6.07 Å². The Hall–Kier alpha value is -3.91. The number of amides is 1. The van der Waals surface area contributed by atoms with Crippen LogP contribution in [0.4, 0.5) is 18.9 Å². The molecule has 1 amide bonds. The predicted octanol–water partition coefficient (Wildman–Crippen LogP) is 2.89. The fourth-order valence-electron chi connectivity index (χ4n) is 6.18. The second-order valence-electron chi connectivity index (χ2n) is 9.66. The van der Waals surface area contributed by atoms with Crippen LogP contribution in [0.2, 0.25) is 0 Å². The summed E-state index contributed by atoms with van der Waals surface area (Å²) in [5.41, 5.74) is 1.67. The van der Waals surface area contributed by atoms with Gasteiger partial charge in [0.15, 0.2) is 11.6 Å². The Bertz CT molecular complexity index is 1370. The molecular formula is C24H24F3N3O8. The van der Waals surface area contributed by atoms with Crippen LogP contribution < -0.4 is 5.73 Å². The van der Waals surface area contributed by atoms with E-state index in [0.717, 1.165) is 0 Å². The van der Waals surface area contributed by atoms with Gasteiger partial charge in [-0.15, -0.1) is 0 Å². The molecule has 0 heterocycles. The van der Waals surface area contributed by atoms with Crippen molar-refractivity contribution in [3.63, 3.8) is 0 Å². The molecule has 4 unspecified atom stereocenters. The van der Waals surface area contributed by atoms with Crippen LogP contribution in [0, 0.1) is 27.9 Å². The number of halogens is 3. The maximum atomic E-state index is 14.5. The Morgan fingerprint density at radius 1 is 1.21 bits per heavy atom. The number of Topliss-reactive ketones (excluding diaryl/α,β-unsaturated/α-hetero) is 1. The van der Waals surface area contributed by atoms with Crippen molar-refractivity contribution < 1.29 is 47.7 Å². The van der Waals surface area contributed by atoms with Gasteiger partial charge >= 0.3 is 11.8 Å². The Balaban J connectivity index is 2.00. The van der Waals surface area contributed by atoms with E-state index in [2.05, 4.69) is 0 Å². The summed E-state index contributed by atoms with van der Waals surface area (Å²) in [7, 11) is 4.40. The number of benzene rings is 1. The number of likely N-dealkylation sites (N-methyl/N-ethyl adjacent to an activating group) is 1. The molecule has 14 heteroatoms. The molecule has 0 saturated heterocycles. The van der Waals surface area contributed by atoms with Gasteiger partial charge in [-0.1, -0.05) is 0 Å². The van der Waals surface area contributed by atoms with E-state index in [1.54, 1.807) is 19.0 Å². The first-order valence-electron chi connectivity index (χ1n) is 11.4. The summed E-state index contributed by atoms with van der Waals surface area (Å²) in [4.78, 5) is 37.8. The summed E-state index contributed by atoms with van der Waals surface area (Å²) in [5, 5.41) is 44.4. The van der Waals surface area contributed by atoms with Crippen molar-refractivity contribution in [3.8, 4) is 5.75 Å². The van der Waals surface area contributed by atoms with Gasteiger partial charge in [0.25, 0.3) is 5.91 Å². The van der Waals surface area contributed by atoms with Gasteiger partial charge in [0, 0.05) is 24.3 Å². The number of rotatable bonds is 5. The number of phenolic OH excluding ortho intramolecular Hbond substituents is 1. The fraction of sp³-hybridized carbons (Fsp3) is 0.417. The molecule has 0 saturated carbocycles. The number of aliphatic hydroxyl groups excluding tert-OH is 2. The number of allylic oxidation sites excluding steroid dienone is 1. The van der Waals surface area contributed by atoms with E-state index in [1.807, 2.05) is 0 Å². The molecule has 3 aliphatic carbocycles. The van der Waals surface area contributed by atoms with Gasteiger partial charge in [-0.2, -0.15) is 8.78 Å². The number of nitro benzene ring substituents is 1. The number of nitrogens with zero attached hydrogens (tertiary/aromatic N) is 2. The molecule has 4 rings (SSSR count). The van der Waals surface area contributed by atoms with E-state index in [4.69, 9.17) is 10.5 Å². The minimum absolute atomic E-state index is 0.0364. The number of aliphatic hydroxyl groups is 2. The van der Waals surface area contributed by atoms with E-state index in [-0.39, 0.29) is 29.6 Å². The van der Waals surface area contributed by atoms with E-state index in [1.165, 1.54) is 7.11 Å². The molecule has 1 aromatic rings. The molecule has 1 aromatic carbocycles. The third-order valence-corrected chi connectivity index (χ3v) is 7.57. The smallest absolute Gasteiger partial charge is 0.312 e. The lowest BCUT2D eigenvalue weighted by Crippen LogP contribution is -2.55. The topological polar surface area (TPSA) is 176 Å². The van der Waals surface area contributed by atoms with Gasteiger partial charge in [-0.05, 0) is 44.3 Å². The van der Waals surface area contributed by atoms with Crippen LogP contribution in [0.3, 0.4) is 0 Å². The monoisotopic (exact) mass is 539 g/mol. The van der Waals surface area contributed by atoms with E-state index < -0.39 is 92.5 Å². The number of nitro groups is 1. The van der Waals surface area contributed by atoms with E-state index >= 15 is 0 Å². The van der Waals surface area contributed by atoms with Crippen LogP contribution in [0.25, 0.3) is 5.83 Å². The van der Waals surface area contributed by atoms with Crippen molar-refractivity contribution >= 4 is 23.2 Å². The van der Waals surface area contributed by atoms with Crippen molar-refractivity contribution in [3.05, 3.63) is 61.6 Å². The van der Waals surface area contributed by atoms with Gasteiger partial charge in [0.05, 0.1) is 28.0 Å². The molecule has 11 nitrogen and oxygen atoms in total. The summed E-state index contributed by atoms with van der Waals surface area (Å²) in [6.45, 7) is 0. The number of nitrogens with two attached hydrogens (primary N) is 1. The third kappa shape index (κ3) is 3.82. The number of ether oxygens (including phenoxy) is 1. The lowest BCUT2D eigenvalue weighted by atomic mass is 9.60. The number of methoxy groups -OCH3 is 1. The molecule has 0 bridgehead atoms. The van der Waals surface area contributed by atoms with Crippen molar-refractivity contribution in [1.29, 1.82) is 0 Å². The lowest BCUT2D eigenvalue weighted by molar-refractivity contribution is -0.385. The van der Waals surface area contributed by atoms with Gasteiger partial charge in [0.2, 0.25) is 5.75 Å². The summed E-state index contributed by atoms with van der Waals surface area (Å²) < 4.78 is 46.4. The van der Waals surface area contributed by atoms with Crippen LogP contribution in [-0.2, 0) is 16.0 Å². The van der Waals surface area contributed by atoms with E-state index in [9.17, 15) is 48.2 Å². The summed E-state index contributed by atoms with van der Waals surface area (Å²) in [6, 6.07) is -0.438. The minimum atomic E-state index is -2.77. The number of phenols is 1. The number of carbonyl (C=O) groups excluding carboxylic acids is 2. The van der Waals surface area contributed by atoms with Gasteiger partial charge in [-0.3, -0.25) is 24.6 Å². The molecule has 0 aliphatic heterocycles. The lowest BCUT2D eigenvalue weighted by Gasteiger charge is -2.49. The second kappa shape index (κ2) is 9.44. The SMILES string of the molecule is COC1C(C(N)=O)=C(O)[C@@H](N(C)C)C2CC3Cc4c(C(F)=C(F)F)cc([N+](=O)[O-])c(O)c4C(=O)C3=C(O)C12. The number of carbonyl (C=O) groups is 2. The van der Waals surface area contributed by atoms with Crippen molar-refractivity contribution in [2.45, 2.75) is 25.0 Å². The summed E-state index contributed by atoms with van der Waals surface area (Å²) in [5.74, 6) is -9.00. The summed E-state index contributed by atoms with van der Waals surface area (Å²) >= 11 is 0. The first-order valence-corrected chi connectivity index (χ1v) is 11.4. The number of primary amides is 1. The molecule has 0 fully saturated rings. The highest BCUT2D eigenvalue weighted by Crippen LogP contribution is 2.53. The third-order valence-electron chi connectivity index (χ3n) is 7.57. The Morgan fingerprint density at radius 2 is 1.84 bits per heavy atom. The maximum absolute atomic E-state index is 14.5. The molecular weight excluding hydrogens is 515 g/mol. The van der Waals surface area contributed by atoms with Crippen molar-refractivity contribution in [2.24, 2.45) is 23.5 Å². The van der Waals surface area contributed by atoms with Gasteiger partial charge in [0.1, 0.15) is 17.6 Å². The zero-order chi connectivity index (χ0) is 28.4. The van der Waals surface area contributed by atoms with Crippen molar-refractivity contribution in [1.82, 2.24) is 4.90 Å². The average molecular weight is 539 g/mol. The molecule has 5 N–H and O–H groups in total. The Morgan fingerprint density at radius 3 is 2.34 bits per heavy atom. The first kappa shape index (κ1) is 27.1. The number of fused-ring (bicyclic) bond motifs is 3. The molecule has 0 spiro atoms. The number of ketones is 1. The largest absolute Gasteiger partial charge is 0.511 e. The molecule has 3 aliphatic rings. The highest BCUT2D eigenvalue weighted by Gasteiger charge is 2.55. The summed E-state index contributed by atoms with van der Waals surface area (Å²) in [6.07, 6.45) is -4.35. The highest BCUT2D eigenvalue weighted by molar-refractivity contribution is 6.14. The highest BCUT2D eigenvalue weighted by atomic mass is 19.3.